The minimum Gasteiger partial charge on any atom is -0.491 e. The quantitative estimate of drug-likeness (QED) is 0.789. The largest absolute Gasteiger partial charge is 0.491 e. The summed E-state index contributed by atoms with van der Waals surface area (Å²) in [6.45, 7) is 2.01. The third-order valence-corrected chi connectivity index (χ3v) is 5.58. The zero-order chi connectivity index (χ0) is 20.1. The summed E-state index contributed by atoms with van der Waals surface area (Å²) in [5.41, 5.74) is 7.61. The molecule has 0 radical (unpaired) electrons. The molecule has 1 aliphatic heterocycles. The number of carbonyl (C=O) groups excluding carboxylic acids is 1. The first-order valence-corrected chi connectivity index (χ1v) is 9.91. The number of hydrogen-bond donors (Lipinski definition) is 1. The smallest absolute Gasteiger partial charge is 0.257 e. The first kappa shape index (κ1) is 20.5. The summed E-state index contributed by atoms with van der Waals surface area (Å²) < 4.78 is 5.71. The number of para-hydroxylation sites is 1. The van der Waals surface area contributed by atoms with Crippen molar-refractivity contribution in [3.05, 3.63) is 63.1 Å². The lowest BCUT2D eigenvalue weighted by Gasteiger charge is -2.30. The molecule has 0 bridgehead atoms. The minimum atomic E-state index is -0.145. The zero-order valence-corrected chi connectivity index (χ0v) is 16.8. The fraction of sp³-hybridized carbons (Fsp3) is 0.333. The second-order valence-corrected chi connectivity index (χ2v) is 7.51. The normalized spacial score (nSPS) is 15.1. The Bertz CT molecular complexity index is 911. The van der Waals surface area contributed by atoms with Crippen molar-refractivity contribution < 1.29 is 9.53 Å². The van der Waals surface area contributed by atoms with Gasteiger partial charge in [-0.15, -0.1) is 0 Å². The highest BCUT2D eigenvalue weighted by atomic mass is 35.5. The van der Waals surface area contributed by atoms with Crippen LogP contribution >= 0.6 is 23.2 Å². The van der Waals surface area contributed by atoms with Crippen LogP contribution in [0.2, 0.25) is 10.0 Å². The van der Waals surface area contributed by atoms with Gasteiger partial charge in [0.15, 0.2) is 0 Å². The number of ether oxygens (including phenoxy) is 1. The average Bonchev–Trinajstić information content (AvgIpc) is 2.69. The van der Waals surface area contributed by atoms with Crippen LogP contribution in [0.15, 0.2) is 36.4 Å². The molecular formula is C21H21Cl2N3O2. The van der Waals surface area contributed by atoms with Crippen molar-refractivity contribution in [2.45, 2.75) is 18.8 Å². The predicted octanol–water partition coefficient (Wildman–Crippen LogP) is 4.22. The van der Waals surface area contributed by atoms with E-state index >= 15 is 0 Å². The summed E-state index contributed by atoms with van der Waals surface area (Å²) in [5.74, 6) is 0.255. The Labute approximate surface area is 174 Å². The van der Waals surface area contributed by atoms with Gasteiger partial charge in [0.1, 0.15) is 11.8 Å². The molecule has 0 unspecified atom stereocenters. The summed E-state index contributed by atoms with van der Waals surface area (Å²) in [7, 11) is 0. The van der Waals surface area contributed by atoms with Crippen molar-refractivity contribution >= 4 is 29.1 Å². The molecule has 0 fully saturated rings. The molecule has 3 rings (SSSR count). The molecule has 28 heavy (non-hydrogen) atoms. The molecule has 0 saturated carbocycles. The van der Waals surface area contributed by atoms with Crippen molar-refractivity contribution in [3.63, 3.8) is 0 Å². The maximum Gasteiger partial charge on any atom is 0.257 e. The van der Waals surface area contributed by atoms with Crippen LogP contribution in [-0.4, -0.2) is 37.0 Å². The van der Waals surface area contributed by atoms with Crippen LogP contribution in [0.5, 0.6) is 5.75 Å². The summed E-state index contributed by atoms with van der Waals surface area (Å²) in [4.78, 5) is 15.0. The molecule has 2 aromatic carbocycles. The van der Waals surface area contributed by atoms with E-state index in [1.165, 1.54) is 0 Å². The monoisotopic (exact) mass is 417 g/mol. The number of amides is 1. The number of halogens is 2. The summed E-state index contributed by atoms with van der Waals surface area (Å²) >= 11 is 12.2. The van der Waals surface area contributed by atoms with Crippen LogP contribution in [0.1, 0.15) is 40.2 Å². The number of rotatable bonds is 5. The molecule has 1 aliphatic rings. The Hall–Kier alpha value is -2.26. The van der Waals surface area contributed by atoms with E-state index in [9.17, 15) is 10.1 Å². The fourth-order valence-corrected chi connectivity index (χ4v) is 3.73. The Balaban J connectivity index is 1.91. The second kappa shape index (κ2) is 9.29. The summed E-state index contributed by atoms with van der Waals surface area (Å²) in [6.07, 6.45) is 1.39. The molecule has 1 amide bonds. The van der Waals surface area contributed by atoms with Gasteiger partial charge in [0.05, 0.1) is 27.8 Å². The van der Waals surface area contributed by atoms with Crippen LogP contribution in [0.25, 0.3) is 0 Å². The van der Waals surface area contributed by atoms with Crippen molar-refractivity contribution in [1.82, 2.24) is 4.90 Å². The molecule has 0 aromatic heterocycles. The van der Waals surface area contributed by atoms with Gasteiger partial charge in [0.25, 0.3) is 5.91 Å². The molecular weight excluding hydrogens is 397 g/mol. The lowest BCUT2D eigenvalue weighted by molar-refractivity contribution is 0.0713. The van der Waals surface area contributed by atoms with E-state index in [2.05, 4.69) is 6.07 Å². The van der Waals surface area contributed by atoms with Crippen LogP contribution in [-0.2, 0) is 0 Å². The lowest BCUT2D eigenvalue weighted by Crippen LogP contribution is -2.38. The number of benzene rings is 2. The highest BCUT2D eigenvalue weighted by Crippen LogP contribution is 2.31. The van der Waals surface area contributed by atoms with E-state index in [0.717, 1.165) is 5.56 Å². The molecule has 0 saturated heterocycles. The van der Waals surface area contributed by atoms with Gasteiger partial charge in [-0.3, -0.25) is 4.79 Å². The van der Waals surface area contributed by atoms with E-state index in [1.807, 2.05) is 17.0 Å². The molecule has 2 aromatic rings. The summed E-state index contributed by atoms with van der Waals surface area (Å²) in [5, 5.41) is 10.3. The third-order valence-electron chi connectivity index (χ3n) is 4.84. The standard InChI is InChI=1S/C21H21Cl2N3O2/c22-18-6-5-14(11-19(18)23)16(7-8-24)13-26-9-2-10-28-20-15(12-25)3-1-4-17(20)21(26)27/h1,3-6,11,16H,2,7-10,13,24H2/t16-/m1/s1. The first-order valence-electron chi connectivity index (χ1n) is 9.15. The van der Waals surface area contributed by atoms with Crippen molar-refractivity contribution in [3.8, 4) is 11.8 Å². The number of nitrogens with two attached hydrogens (primary N) is 1. The van der Waals surface area contributed by atoms with Crippen molar-refractivity contribution in [2.24, 2.45) is 5.73 Å². The molecule has 5 nitrogen and oxygen atoms in total. The number of nitrogens with zero attached hydrogens (tertiary/aromatic N) is 2. The van der Waals surface area contributed by atoms with Gasteiger partial charge in [-0.25, -0.2) is 0 Å². The molecule has 0 aliphatic carbocycles. The van der Waals surface area contributed by atoms with Gasteiger partial charge in [-0.1, -0.05) is 35.3 Å². The minimum absolute atomic E-state index is 0.0339. The van der Waals surface area contributed by atoms with E-state index < -0.39 is 0 Å². The van der Waals surface area contributed by atoms with Crippen LogP contribution < -0.4 is 10.5 Å². The second-order valence-electron chi connectivity index (χ2n) is 6.70. The zero-order valence-electron chi connectivity index (χ0n) is 15.3. The Morgan fingerprint density at radius 2 is 2.07 bits per heavy atom. The maximum atomic E-state index is 13.2. The van der Waals surface area contributed by atoms with Crippen LogP contribution in [0.3, 0.4) is 0 Å². The van der Waals surface area contributed by atoms with Gasteiger partial charge < -0.3 is 15.4 Å². The van der Waals surface area contributed by atoms with Gasteiger partial charge >= 0.3 is 0 Å². The highest BCUT2D eigenvalue weighted by molar-refractivity contribution is 6.42. The van der Waals surface area contributed by atoms with Crippen LogP contribution in [0, 0.1) is 11.3 Å². The van der Waals surface area contributed by atoms with E-state index in [-0.39, 0.29) is 11.8 Å². The number of nitriles is 1. The highest BCUT2D eigenvalue weighted by Gasteiger charge is 2.26. The molecule has 2 N–H and O–H groups in total. The molecule has 7 heteroatoms. The summed E-state index contributed by atoms with van der Waals surface area (Å²) in [6, 6.07) is 12.7. The number of hydrogen-bond acceptors (Lipinski definition) is 4. The van der Waals surface area contributed by atoms with Gasteiger partial charge in [-0.2, -0.15) is 5.26 Å². The SMILES string of the molecule is N#Cc1cccc2c1OCCCN(C[C@@H](CCN)c1ccc(Cl)c(Cl)c1)C2=O. The molecule has 0 spiro atoms. The third kappa shape index (κ3) is 4.41. The molecule has 1 heterocycles. The Morgan fingerprint density at radius 1 is 1.25 bits per heavy atom. The average molecular weight is 418 g/mol. The topological polar surface area (TPSA) is 79.3 Å². The van der Waals surface area contributed by atoms with Crippen LogP contribution in [0.4, 0.5) is 0 Å². The number of carbonyl (C=O) groups is 1. The van der Waals surface area contributed by atoms with E-state index in [4.69, 9.17) is 33.7 Å². The fourth-order valence-electron chi connectivity index (χ4n) is 3.42. The lowest BCUT2D eigenvalue weighted by atomic mass is 9.94. The van der Waals surface area contributed by atoms with Gasteiger partial charge in [0.2, 0.25) is 0 Å². The number of fused-ring (bicyclic) bond motifs is 1. The van der Waals surface area contributed by atoms with E-state index in [1.54, 1.807) is 24.3 Å². The molecule has 1 atom stereocenters. The van der Waals surface area contributed by atoms with Crippen molar-refractivity contribution in [2.75, 3.05) is 26.2 Å². The van der Waals surface area contributed by atoms with E-state index in [0.29, 0.717) is 66.0 Å². The van der Waals surface area contributed by atoms with Gasteiger partial charge in [-0.05, 0) is 49.2 Å². The Kier molecular flexibility index (Phi) is 6.79. The first-order chi connectivity index (χ1) is 13.5. The van der Waals surface area contributed by atoms with Crippen molar-refractivity contribution in [1.29, 1.82) is 5.26 Å². The predicted molar refractivity (Wildman–Crippen MR) is 110 cm³/mol. The maximum absolute atomic E-state index is 13.2. The van der Waals surface area contributed by atoms with Gasteiger partial charge in [0, 0.05) is 19.0 Å². The molecule has 146 valence electrons. The Morgan fingerprint density at radius 3 is 2.79 bits per heavy atom.